The number of rotatable bonds is 12. The average molecular weight is 292 g/mol. The highest BCUT2D eigenvalue weighted by Gasteiger charge is 2.00. The summed E-state index contributed by atoms with van der Waals surface area (Å²) in [5, 5.41) is 0. The van der Waals surface area contributed by atoms with Gasteiger partial charge in [-0.25, -0.2) is 0 Å². The van der Waals surface area contributed by atoms with Crippen molar-refractivity contribution >= 4 is 11.4 Å². The SMILES string of the molecule is CCCCCCCCCOCCCc1cc(N)ccc1N. The normalized spacial score (nSPS) is 10.9. The van der Waals surface area contributed by atoms with Gasteiger partial charge in [-0.1, -0.05) is 45.4 Å². The Kier molecular flexibility index (Phi) is 9.71. The molecular formula is C18H32N2O. The Morgan fingerprint density at radius 2 is 1.52 bits per heavy atom. The molecule has 0 atom stereocenters. The zero-order valence-electron chi connectivity index (χ0n) is 13.6. The molecule has 4 N–H and O–H groups in total. The van der Waals surface area contributed by atoms with E-state index in [1.165, 1.54) is 44.9 Å². The minimum Gasteiger partial charge on any atom is -0.399 e. The lowest BCUT2D eigenvalue weighted by molar-refractivity contribution is 0.127. The van der Waals surface area contributed by atoms with Crippen LogP contribution in [-0.2, 0) is 11.2 Å². The molecule has 0 fully saturated rings. The number of nitrogens with two attached hydrogens (primary N) is 2. The lowest BCUT2D eigenvalue weighted by atomic mass is 10.1. The van der Waals surface area contributed by atoms with Gasteiger partial charge < -0.3 is 16.2 Å². The minimum atomic E-state index is 0.781. The van der Waals surface area contributed by atoms with Gasteiger partial charge in [0.1, 0.15) is 0 Å². The predicted molar refractivity (Wildman–Crippen MR) is 92.4 cm³/mol. The third-order valence-corrected chi connectivity index (χ3v) is 3.79. The summed E-state index contributed by atoms with van der Waals surface area (Å²) in [6, 6.07) is 5.69. The van der Waals surface area contributed by atoms with Crippen LogP contribution in [0.5, 0.6) is 0 Å². The van der Waals surface area contributed by atoms with Crippen molar-refractivity contribution in [2.24, 2.45) is 0 Å². The van der Waals surface area contributed by atoms with Gasteiger partial charge in [0.05, 0.1) is 0 Å². The highest BCUT2D eigenvalue weighted by molar-refractivity contribution is 5.55. The first kappa shape index (κ1) is 17.8. The van der Waals surface area contributed by atoms with Crippen LogP contribution in [0.2, 0.25) is 0 Å². The molecule has 0 aliphatic rings. The van der Waals surface area contributed by atoms with E-state index >= 15 is 0 Å². The van der Waals surface area contributed by atoms with Gasteiger partial charge in [-0.3, -0.25) is 0 Å². The van der Waals surface area contributed by atoms with E-state index in [9.17, 15) is 0 Å². The Balaban J connectivity index is 1.94. The molecule has 0 saturated heterocycles. The quantitative estimate of drug-likeness (QED) is 0.439. The zero-order chi connectivity index (χ0) is 15.3. The van der Waals surface area contributed by atoms with E-state index < -0.39 is 0 Å². The molecular weight excluding hydrogens is 260 g/mol. The fourth-order valence-corrected chi connectivity index (χ4v) is 2.47. The molecule has 1 aromatic rings. The van der Waals surface area contributed by atoms with E-state index in [2.05, 4.69) is 6.92 Å². The van der Waals surface area contributed by atoms with Gasteiger partial charge in [-0.2, -0.15) is 0 Å². The highest BCUT2D eigenvalue weighted by Crippen LogP contribution is 2.17. The van der Waals surface area contributed by atoms with Gasteiger partial charge >= 0.3 is 0 Å². The number of unbranched alkanes of at least 4 members (excludes halogenated alkanes) is 6. The van der Waals surface area contributed by atoms with Gasteiger partial charge in [0, 0.05) is 24.6 Å². The molecule has 0 bridgehead atoms. The van der Waals surface area contributed by atoms with Crippen molar-refractivity contribution < 1.29 is 4.74 Å². The van der Waals surface area contributed by atoms with Gasteiger partial charge in [0.2, 0.25) is 0 Å². The first-order valence-electron chi connectivity index (χ1n) is 8.45. The Hall–Kier alpha value is -1.22. The molecule has 0 amide bonds. The molecule has 0 aliphatic carbocycles. The number of anilines is 2. The molecule has 0 aliphatic heterocycles. The van der Waals surface area contributed by atoms with E-state index in [-0.39, 0.29) is 0 Å². The van der Waals surface area contributed by atoms with Crippen LogP contribution in [0.3, 0.4) is 0 Å². The van der Waals surface area contributed by atoms with Crippen LogP contribution in [0.25, 0.3) is 0 Å². The summed E-state index contributed by atoms with van der Waals surface area (Å²) in [6.45, 7) is 3.95. The third-order valence-electron chi connectivity index (χ3n) is 3.79. The number of nitrogen functional groups attached to an aromatic ring is 2. The van der Waals surface area contributed by atoms with Gasteiger partial charge in [-0.15, -0.1) is 0 Å². The maximum atomic E-state index is 5.92. The Labute approximate surface area is 130 Å². The van der Waals surface area contributed by atoms with Gasteiger partial charge in [0.15, 0.2) is 0 Å². The van der Waals surface area contributed by atoms with Crippen LogP contribution >= 0.6 is 0 Å². The fraction of sp³-hybridized carbons (Fsp3) is 0.667. The fourth-order valence-electron chi connectivity index (χ4n) is 2.47. The topological polar surface area (TPSA) is 61.3 Å². The molecule has 0 aromatic heterocycles. The lowest BCUT2D eigenvalue weighted by Crippen LogP contribution is -2.01. The third kappa shape index (κ3) is 8.61. The van der Waals surface area contributed by atoms with Crippen molar-refractivity contribution in [3.63, 3.8) is 0 Å². The molecule has 120 valence electrons. The van der Waals surface area contributed by atoms with E-state index in [1.54, 1.807) is 0 Å². The standard InChI is InChI=1S/C18H32N2O/c1-2-3-4-5-6-7-8-13-21-14-9-10-16-15-17(19)11-12-18(16)20/h11-12,15H,2-10,13-14,19-20H2,1H3. The molecule has 0 heterocycles. The first-order valence-corrected chi connectivity index (χ1v) is 8.45. The van der Waals surface area contributed by atoms with Crippen molar-refractivity contribution in [2.75, 3.05) is 24.7 Å². The molecule has 21 heavy (non-hydrogen) atoms. The Bertz CT molecular complexity index is 379. The van der Waals surface area contributed by atoms with E-state index in [0.717, 1.165) is 43.0 Å². The van der Waals surface area contributed by atoms with Crippen LogP contribution < -0.4 is 11.5 Å². The van der Waals surface area contributed by atoms with Crippen molar-refractivity contribution in [1.82, 2.24) is 0 Å². The van der Waals surface area contributed by atoms with E-state index in [0.29, 0.717) is 0 Å². The van der Waals surface area contributed by atoms with Gasteiger partial charge in [-0.05, 0) is 43.0 Å². The molecule has 0 unspecified atom stereocenters. The average Bonchev–Trinajstić information content (AvgIpc) is 2.48. The van der Waals surface area contributed by atoms with Gasteiger partial charge in [0.25, 0.3) is 0 Å². The summed E-state index contributed by atoms with van der Waals surface area (Å²) in [5.41, 5.74) is 14.4. The smallest absolute Gasteiger partial charge is 0.0469 e. The lowest BCUT2D eigenvalue weighted by Gasteiger charge is -2.07. The molecule has 3 heteroatoms. The van der Waals surface area contributed by atoms with Crippen LogP contribution in [0.15, 0.2) is 18.2 Å². The zero-order valence-corrected chi connectivity index (χ0v) is 13.6. The molecule has 0 saturated carbocycles. The summed E-state index contributed by atoms with van der Waals surface area (Å²) in [6.07, 6.45) is 11.2. The van der Waals surface area contributed by atoms with Crippen molar-refractivity contribution in [3.05, 3.63) is 23.8 Å². The summed E-state index contributed by atoms with van der Waals surface area (Å²) >= 11 is 0. The first-order chi connectivity index (χ1) is 10.2. The second kappa shape index (κ2) is 11.4. The maximum absolute atomic E-state index is 5.92. The number of benzene rings is 1. The van der Waals surface area contributed by atoms with Crippen LogP contribution in [0.4, 0.5) is 11.4 Å². The number of hydrogen-bond acceptors (Lipinski definition) is 3. The number of aryl methyl sites for hydroxylation is 1. The summed E-state index contributed by atoms with van der Waals surface area (Å²) < 4.78 is 5.68. The number of ether oxygens (including phenoxy) is 1. The van der Waals surface area contributed by atoms with Crippen molar-refractivity contribution in [3.8, 4) is 0 Å². The molecule has 0 spiro atoms. The summed E-state index contributed by atoms with van der Waals surface area (Å²) in [5.74, 6) is 0. The van der Waals surface area contributed by atoms with Crippen LogP contribution in [0.1, 0.15) is 63.9 Å². The van der Waals surface area contributed by atoms with E-state index in [4.69, 9.17) is 16.2 Å². The van der Waals surface area contributed by atoms with Crippen LogP contribution in [-0.4, -0.2) is 13.2 Å². The van der Waals surface area contributed by atoms with E-state index in [1.807, 2.05) is 18.2 Å². The predicted octanol–water partition coefficient (Wildman–Crippen LogP) is 4.55. The maximum Gasteiger partial charge on any atom is 0.0469 e. The van der Waals surface area contributed by atoms with Crippen molar-refractivity contribution in [1.29, 1.82) is 0 Å². The molecule has 3 nitrogen and oxygen atoms in total. The molecule has 1 aromatic carbocycles. The Morgan fingerprint density at radius 1 is 0.857 bits per heavy atom. The second-order valence-electron chi connectivity index (χ2n) is 5.80. The molecule has 1 rings (SSSR count). The Morgan fingerprint density at radius 3 is 2.29 bits per heavy atom. The van der Waals surface area contributed by atoms with Crippen LogP contribution in [0, 0.1) is 0 Å². The summed E-state index contributed by atoms with van der Waals surface area (Å²) in [4.78, 5) is 0. The second-order valence-corrected chi connectivity index (χ2v) is 5.80. The van der Waals surface area contributed by atoms with Crippen molar-refractivity contribution in [2.45, 2.75) is 64.7 Å². The largest absolute Gasteiger partial charge is 0.399 e. The monoisotopic (exact) mass is 292 g/mol. The highest BCUT2D eigenvalue weighted by atomic mass is 16.5. The number of hydrogen-bond donors (Lipinski definition) is 2. The minimum absolute atomic E-state index is 0.781. The molecule has 0 radical (unpaired) electrons. The summed E-state index contributed by atoms with van der Waals surface area (Å²) in [7, 11) is 0.